The Morgan fingerprint density at radius 1 is 1.16 bits per heavy atom. The largest absolute Gasteiger partial charge is 0.435 e. The molecule has 0 radical (unpaired) electrons. The van der Waals surface area contributed by atoms with E-state index in [1.807, 2.05) is 31.2 Å². The van der Waals surface area contributed by atoms with Gasteiger partial charge in [0.05, 0.1) is 18.0 Å². The number of rotatable bonds is 2. The van der Waals surface area contributed by atoms with Gasteiger partial charge in [0.2, 0.25) is 0 Å². The highest BCUT2D eigenvalue weighted by Gasteiger charge is 2.41. The highest BCUT2D eigenvalue weighted by atomic mass is 19.4. The van der Waals surface area contributed by atoms with E-state index in [4.69, 9.17) is 0 Å². The van der Waals surface area contributed by atoms with E-state index in [9.17, 15) is 18.3 Å². The van der Waals surface area contributed by atoms with Gasteiger partial charge in [0.1, 0.15) is 0 Å². The molecular weight excluding hydrogens is 329 g/mol. The molecule has 1 N–H and O–H groups in total. The van der Waals surface area contributed by atoms with Crippen molar-refractivity contribution in [2.24, 2.45) is 0 Å². The first-order chi connectivity index (χ1) is 11.9. The molecule has 6 heteroatoms. The van der Waals surface area contributed by atoms with Crippen LogP contribution in [0, 0.1) is 6.92 Å². The summed E-state index contributed by atoms with van der Waals surface area (Å²) in [5.41, 5.74) is 3.54. The van der Waals surface area contributed by atoms with Crippen LogP contribution in [0.25, 0.3) is 16.9 Å². The van der Waals surface area contributed by atoms with Crippen LogP contribution < -0.4 is 0 Å². The van der Waals surface area contributed by atoms with Crippen LogP contribution >= 0.6 is 0 Å². The first kappa shape index (κ1) is 15.9. The van der Waals surface area contributed by atoms with E-state index in [-0.39, 0.29) is 18.6 Å². The summed E-state index contributed by atoms with van der Waals surface area (Å²) in [4.78, 5) is 0. The third kappa shape index (κ3) is 2.44. The summed E-state index contributed by atoms with van der Waals surface area (Å²) in [7, 11) is 0. The van der Waals surface area contributed by atoms with Crippen molar-refractivity contribution >= 4 is 0 Å². The van der Waals surface area contributed by atoms with Crippen LogP contribution in [0.5, 0.6) is 0 Å². The number of fused-ring (bicyclic) bond motifs is 3. The molecule has 0 spiro atoms. The number of aliphatic hydroxyl groups is 1. The highest BCUT2D eigenvalue weighted by Crippen LogP contribution is 2.44. The second-order valence-electron chi connectivity index (χ2n) is 6.19. The lowest BCUT2D eigenvalue weighted by Gasteiger charge is -2.11. The molecular formula is C19H15F3N2O. The molecule has 3 aromatic rings. The average molecular weight is 344 g/mol. The summed E-state index contributed by atoms with van der Waals surface area (Å²) in [5.74, 6) is 0. The summed E-state index contributed by atoms with van der Waals surface area (Å²) < 4.78 is 41.8. The Hall–Kier alpha value is -2.60. The van der Waals surface area contributed by atoms with Gasteiger partial charge in [0, 0.05) is 17.5 Å². The lowest BCUT2D eigenvalue weighted by atomic mass is 10.1. The zero-order chi connectivity index (χ0) is 17.8. The van der Waals surface area contributed by atoms with Crippen LogP contribution in [0.15, 0.2) is 42.5 Å². The Bertz CT molecular complexity index is 973. The average Bonchev–Trinajstić information content (AvgIpc) is 3.12. The molecule has 1 aromatic heterocycles. The van der Waals surface area contributed by atoms with E-state index in [0.717, 1.165) is 16.7 Å². The summed E-state index contributed by atoms with van der Waals surface area (Å²) in [6.45, 7) is 1.67. The molecule has 0 saturated heterocycles. The number of hydrogen-bond donors (Lipinski definition) is 1. The van der Waals surface area contributed by atoms with Crippen molar-refractivity contribution in [3.05, 3.63) is 70.4 Å². The lowest BCUT2D eigenvalue weighted by Crippen LogP contribution is -2.10. The van der Waals surface area contributed by atoms with Crippen LogP contribution in [0.2, 0.25) is 0 Å². The number of hydrogen-bond acceptors (Lipinski definition) is 2. The topological polar surface area (TPSA) is 38.0 Å². The van der Waals surface area contributed by atoms with Gasteiger partial charge in [-0.15, -0.1) is 0 Å². The smallest absolute Gasteiger partial charge is 0.392 e. The van der Waals surface area contributed by atoms with Gasteiger partial charge in [-0.1, -0.05) is 30.3 Å². The maximum Gasteiger partial charge on any atom is 0.435 e. The number of aliphatic hydroxyl groups excluding tert-OH is 1. The maximum atomic E-state index is 13.5. The minimum absolute atomic E-state index is 0.175. The zero-order valence-corrected chi connectivity index (χ0v) is 13.4. The molecule has 1 aliphatic rings. The fraction of sp³-hybridized carbons (Fsp3) is 0.211. The fourth-order valence-electron chi connectivity index (χ4n) is 3.36. The van der Waals surface area contributed by atoms with E-state index in [0.29, 0.717) is 16.9 Å². The fourth-order valence-corrected chi connectivity index (χ4v) is 3.36. The number of alkyl halides is 3. The minimum Gasteiger partial charge on any atom is -0.392 e. The minimum atomic E-state index is -4.51. The molecule has 1 heterocycles. The molecule has 2 aromatic carbocycles. The lowest BCUT2D eigenvalue weighted by molar-refractivity contribution is -0.141. The standard InChI is InChI=1S/C19H15F3N2O/c1-11-6-7-14(8-13(11)10-25)24-17-15-5-3-2-4-12(15)9-16(17)18(23-24)19(20,21)22/h2-8,25H,9-10H2,1H3. The van der Waals surface area contributed by atoms with E-state index in [2.05, 4.69) is 5.10 Å². The SMILES string of the molecule is Cc1ccc(-n2nc(C(F)(F)F)c3c2-c2ccccc2C3)cc1CO. The quantitative estimate of drug-likeness (QED) is 0.590. The Labute approximate surface area is 142 Å². The first-order valence-electron chi connectivity index (χ1n) is 7.88. The number of halogens is 3. The molecule has 0 fully saturated rings. The van der Waals surface area contributed by atoms with E-state index in [1.54, 1.807) is 18.2 Å². The van der Waals surface area contributed by atoms with E-state index < -0.39 is 11.9 Å². The Kier molecular flexibility index (Phi) is 3.47. The van der Waals surface area contributed by atoms with E-state index >= 15 is 0 Å². The van der Waals surface area contributed by atoms with Gasteiger partial charge in [-0.25, -0.2) is 4.68 Å². The van der Waals surface area contributed by atoms with Gasteiger partial charge < -0.3 is 5.11 Å². The Morgan fingerprint density at radius 2 is 1.92 bits per heavy atom. The summed E-state index contributed by atoms with van der Waals surface area (Å²) in [5, 5.41) is 13.4. The number of nitrogens with zero attached hydrogens (tertiary/aromatic N) is 2. The molecule has 3 nitrogen and oxygen atoms in total. The molecule has 0 unspecified atom stereocenters. The molecule has 25 heavy (non-hydrogen) atoms. The molecule has 0 saturated carbocycles. The normalized spacial score (nSPS) is 13.0. The van der Waals surface area contributed by atoms with Crippen molar-refractivity contribution in [1.29, 1.82) is 0 Å². The van der Waals surface area contributed by atoms with Crippen molar-refractivity contribution in [3.8, 4) is 16.9 Å². The maximum absolute atomic E-state index is 13.5. The molecule has 0 atom stereocenters. The summed E-state index contributed by atoms with van der Waals surface area (Å²) >= 11 is 0. The molecule has 4 rings (SSSR count). The van der Waals surface area contributed by atoms with Gasteiger partial charge in [-0.2, -0.15) is 18.3 Å². The van der Waals surface area contributed by atoms with Crippen molar-refractivity contribution in [2.75, 3.05) is 0 Å². The number of benzene rings is 2. The number of aryl methyl sites for hydroxylation is 1. The van der Waals surface area contributed by atoms with Crippen LogP contribution in [-0.2, 0) is 19.2 Å². The molecule has 0 aliphatic heterocycles. The van der Waals surface area contributed by atoms with Gasteiger partial charge in [0.15, 0.2) is 5.69 Å². The van der Waals surface area contributed by atoms with Crippen molar-refractivity contribution in [2.45, 2.75) is 26.1 Å². The summed E-state index contributed by atoms with van der Waals surface area (Å²) in [6.07, 6.45) is -4.29. The van der Waals surface area contributed by atoms with Crippen LogP contribution in [0.3, 0.4) is 0 Å². The second-order valence-corrected chi connectivity index (χ2v) is 6.19. The second kappa shape index (κ2) is 5.46. The Morgan fingerprint density at radius 3 is 2.64 bits per heavy atom. The molecule has 1 aliphatic carbocycles. The van der Waals surface area contributed by atoms with Gasteiger partial charge in [-0.05, 0) is 35.7 Å². The van der Waals surface area contributed by atoms with Crippen LogP contribution in [0.1, 0.15) is 27.9 Å². The van der Waals surface area contributed by atoms with Crippen LogP contribution in [-0.4, -0.2) is 14.9 Å². The highest BCUT2D eigenvalue weighted by molar-refractivity contribution is 5.76. The van der Waals surface area contributed by atoms with E-state index in [1.165, 1.54) is 4.68 Å². The molecule has 0 amide bonds. The van der Waals surface area contributed by atoms with Crippen molar-refractivity contribution in [3.63, 3.8) is 0 Å². The van der Waals surface area contributed by atoms with Crippen molar-refractivity contribution < 1.29 is 18.3 Å². The molecule has 0 bridgehead atoms. The zero-order valence-electron chi connectivity index (χ0n) is 13.4. The van der Waals surface area contributed by atoms with Crippen molar-refractivity contribution in [1.82, 2.24) is 9.78 Å². The van der Waals surface area contributed by atoms with Crippen LogP contribution in [0.4, 0.5) is 13.2 Å². The summed E-state index contributed by atoms with van der Waals surface area (Å²) in [6, 6.07) is 12.5. The predicted octanol–water partition coefficient (Wildman–Crippen LogP) is 4.26. The van der Waals surface area contributed by atoms with Gasteiger partial charge in [0.25, 0.3) is 0 Å². The first-order valence-corrected chi connectivity index (χ1v) is 7.88. The third-order valence-electron chi connectivity index (χ3n) is 4.64. The predicted molar refractivity (Wildman–Crippen MR) is 87.5 cm³/mol. The number of aromatic nitrogens is 2. The molecule has 128 valence electrons. The monoisotopic (exact) mass is 344 g/mol. The third-order valence-corrected chi connectivity index (χ3v) is 4.64. The Balaban J connectivity index is 1.99. The van der Waals surface area contributed by atoms with Gasteiger partial charge in [-0.3, -0.25) is 0 Å². The van der Waals surface area contributed by atoms with Gasteiger partial charge >= 0.3 is 6.18 Å².